The number of rotatable bonds is 10. The number of hydrogen-bond donors (Lipinski definition) is 3. The number of benzene rings is 2. The van der Waals surface area contributed by atoms with Gasteiger partial charge in [-0.05, 0) is 44.2 Å². The first-order valence-corrected chi connectivity index (χ1v) is 11.0. The second kappa shape index (κ2) is 10.4. The van der Waals surface area contributed by atoms with E-state index in [4.69, 9.17) is 33.3 Å². The second-order valence-corrected chi connectivity index (χ2v) is 8.16. The van der Waals surface area contributed by atoms with E-state index < -0.39 is 6.10 Å². The standard InChI is InChI=1S/C22H28Cl2N4O2/c1-3-26(4-2)11-12-27-19-7-5-6-8-20(19)28(22(27)25)14-17(29)15-30-21-10-9-16(23)13-18(21)24/h5-10,13,17,25,29H,3-4,11-12,14-15H2,1-2H3/p+1/t17-/m1/s1. The van der Waals surface area contributed by atoms with Gasteiger partial charge < -0.3 is 23.9 Å². The Morgan fingerprint density at radius 2 is 1.73 bits per heavy atom. The lowest BCUT2D eigenvalue weighted by atomic mass is 10.3. The SMILES string of the molecule is CC[NH+](CC)CCn1c(=N)n(C[C@@H](O)COc2ccc(Cl)cc2Cl)c2ccccc21. The number of nitrogens with zero attached hydrogens (tertiary/aromatic N) is 2. The number of aliphatic hydroxyl groups excluding tert-OH is 1. The predicted molar refractivity (Wildman–Crippen MR) is 121 cm³/mol. The van der Waals surface area contributed by atoms with Crippen molar-refractivity contribution in [2.24, 2.45) is 0 Å². The molecule has 0 spiro atoms. The molecule has 0 saturated carbocycles. The quantitative estimate of drug-likeness (QED) is 0.443. The van der Waals surface area contributed by atoms with Crippen molar-refractivity contribution in [3.63, 3.8) is 0 Å². The molecule has 0 unspecified atom stereocenters. The third-order valence-electron chi connectivity index (χ3n) is 5.38. The summed E-state index contributed by atoms with van der Waals surface area (Å²) in [4.78, 5) is 1.49. The summed E-state index contributed by atoms with van der Waals surface area (Å²) >= 11 is 12.0. The number of hydrogen-bond acceptors (Lipinski definition) is 3. The number of quaternary nitrogens is 1. The molecule has 0 aliphatic carbocycles. The summed E-state index contributed by atoms with van der Waals surface area (Å²) in [7, 11) is 0. The van der Waals surface area contributed by atoms with E-state index in [1.807, 2.05) is 33.4 Å². The molecule has 2 aromatic carbocycles. The maximum atomic E-state index is 10.6. The Kier molecular flexibility index (Phi) is 7.83. The number of fused-ring (bicyclic) bond motifs is 1. The van der Waals surface area contributed by atoms with E-state index in [1.54, 1.807) is 18.2 Å². The van der Waals surface area contributed by atoms with Crippen LogP contribution in [-0.2, 0) is 13.1 Å². The molecular weight excluding hydrogens is 423 g/mol. The third-order valence-corrected chi connectivity index (χ3v) is 5.91. The Hall–Kier alpha value is -1.99. The van der Waals surface area contributed by atoms with Crippen LogP contribution >= 0.6 is 23.2 Å². The zero-order valence-corrected chi connectivity index (χ0v) is 18.9. The molecule has 0 aliphatic rings. The van der Waals surface area contributed by atoms with Crippen molar-refractivity contribution >= 4 is 34.2 Å². The number of para-hydroxylation sites is 2. The lowest BCUT2D eigenvalue weighted by Gasteiger charge is -2.16. The van der Waals surface area contributed by atoms with Gasteiger partial charge in [0.2, 0.25) is 5.62 Å². The molecule has 0 saturated heterocycles. The van der Waals surface area contributed by atoms with Crippen molar-refractivity contribution in [2.45, 2.75) is 33.0 Å². The van der Waals surface area contributed by atoms with Crippen LogP contribution in [0.15, 0.2) is 42.5 Å². The Balaban J connectivity index is 1.76. The van der Waals surface area contributed by atoms with E-state index in [0.29, 0.717) is 21.4 Å². The first-order valence-electron chi connectivity index (χ1n) is 10.3. The normalized spacial score (nSPS) is 12.6. The first-order chi connectivity index (χ1) is 14.4. The van der Waals surface area contributed by atoms with E-state index in [2.05, 4.69) is 13.8 Å². The van der Waals surface area contributed by atoms with E-state index in [9.17, 15) is 5.11 Å². The highest BCUT2D eigenvalue weighted by molar-refractivity contribution is 6.35. The van der Waals surface area contributed by atoms with Crippen LogP contribution in [0, 0.1) is 5.41 Å². The number of likely N-dealkylation sites (N-methyl/N-ethyl adjacent to an activating group) is 1. The highest BCUT2D eigenvalue weighted by Gasteiger charge is 2.16. The van der Waals surface area contributed by atoms with Gasteiger partial charge in [0.25, 0.3) is 0 Å². The number of imidazole rings is 1. The molecule has 0 amide bonds. The van der Waals surface area contributed by atoms with Crippen molar-refractivity contribution in [3.05, 3.63) is 58.1 Å². The van der Waals surface area contributed by atoms with Gasteiger partial charge in [0, 0.05) is 5.02 Å². The van der Waals surface area contributed by atoms with Gasteiger partial charge >= 0.3 is 0 Å². The highest BCUT2D eigenvalue weighted by atomic mass is 35.5. The Morgan fingerprint density at radius 3 is 2.37 bits per heavy atom. The summed E-state index contributed by atoms with van der Waals surface area (Å²) < 4.78 is 9.52. The molecule has 1 aromatic heterocycles. The zero-order valence-electron chi connectivity index (χ0n) is 17.4. The van der Waals surface area contributed by atoms with Gasteiger partial charge in [-0.15, -0.1) is 0 Å². The molecule has 162 valence electrons. The molecule has 30 heavy (non-hydrogen) atoms. The Bertz CT molecular complexity index is 1040. The van der Waals surface area contributed by atoms with Gasteiger partial charge in [0.05, 0.1) is 48.8 Å². The van der Waals surface area contributed by atoms with Crippen LogP contribution in [0.1, 0.15) is 13.8 Å². The van der Waals surface area contributed by atoms with Gasteiger partial charge in [-0.2, -0.15) is 0 Å². The van der Waals surface area contributed by atoms with E-state index >= 15 is 0 Å². The van der Waals surface area contributed by atoms with E-state index in [-0.39, 0.29) is 13.2 Å². The number of halogens is 2. The maximum absolute atomic E-state index is 10.6. The topological polar surface area (TPSA) is 67.6 Å². The van der Waals surface area contributed by atoms with Crippen LogP contribution < -0.4 is 15.3 Å². The molecule has 0 bridgehead atoms. The molecular formula is C22H29Cl2N4O2+. The lowest BCUT2D eigenvalue weighted by Crippen LogP contribution is -3.11. The van der Waals surface area contributed by atoms with Crippen molar-refractivity contribution in [3.8, 4) is 5.75 Å². The van der Waals surface area contributed by atoms with Gasteiger partial charge in [0.15, 0.2) is 0 Å². The molecule has 3 rings (SSSR count). The first kappa shape index (κ1) is 22.7. The van der Waals surface area contributed by atoms with Crippen molar-refractivity contribution < 1.29 is 14.7 Å². The van der Waals surface area contributed by atoms with E-state index in [1.165, 1.54) is 4.90 Å². The molecule has 0 aliphatic heterocycles. The highest BCUT2D eigenvalue weighted by Crippen LogP contribution is 2.27. The number of ether oxygens (including phenoxy) is 1. The monoisotopic (exact) mass is 451 g/mol. The van der Waals surface area contributed by atoms with E-state index in [0.717, 1.165) is 37.2 Å². The molecule has 3 N–H and O–H groups in total. The number of aromatic nitrogens is 2. The summed E-state index contributed by atoms with van der Waals surface area (Å²) in [6.45, 7) is 8.52. The van der Waals surface area contributed by atoms with Crippen LogP contribution in [0.3, 0.4) is 0 Å². The van der Waals surface area contributed by atoms with Gasteiger partial charge in [-0.25, -0.2) is 0 Å². The second-order valence-electron chi connectivity index (χ2n) is 7.32. The predicted octanol–water partition coefficient (Wildman–Crippen LogP) is 2.59. The van der Waals surface area contributed by atoms with Crippen molar-refractivity contribution in [1.29, 1.82) is 5.41 Å². The fourth-order valence-corrected chi connectivity index (χ4v) is 4.08. The minimum atomic E-state index is -0.793. The molecule has 1 heterocycles. The fraction of sp³-hybridized carbons (Fsp3) is 0.409. The van der Waals surface area contributed by atoms with Crippen LogP contribution in [0.2, 0.25) is 10.0 Å². The van der Waals surface area contributed by atoms with Gasteiger partial charge in [-0.3, -0.25) is 5.41 Å². The van der Waals surface area contributed by atoms with Crippen LogP contribution in [0.25, 0.3) is 11.0 Å². The fourth-order valence-electron chi connectivity index (χ4n) is 3.62. The molecule has 3 aromatic rings. The van der Waals surface area contributed by atoms with Gasteiger partial charge in [0.1, 0.15) is 18.5 Å². The average molecular weight is 452 g/mol. The lowest BCUT2D eigenvalue weighted by molar-refractivity contribution is -0.897. The molecule has 0 fully saturated rings. The van der Waals surface area contributed by atoms with Crippen molar-refractivity contribution in [2.75, 3.05) is 26.2 Å². The molecule has 8 heteroatoms. The minimum Gasteiger partial charge on any atom is -0.489 e. The number of aliphatic hydroxyl groups is 1. The van der Waals surface area contributed by atoms with Crippen LogP contribution in [0.5, 0.6) is 5.75 Å². The van der Waals surface area contributed by atoms with Crippen LogP contribution in [0.4, 0.5) is 0 Å². The summed E-state index contributed by atoms with van der Waals surface area (Å²) in [5.41, 5.74) is 2.31. The van der Waals surface area contributed by atoms with Crippen LogP contribution in [-0.4, -0.2) is 46.6 Å². The maximum Gasteiger partial charge on any atom is 0.203 e. The largest absolute Gasteiger partial charge is 0.489 e. The summed E-state index contributed by atoms with van der Waals surface area (Å²) in [6, 6.07) is 12.9. The molecule has 0 radical (unpaired) electrons. The minimum absolute atomic E-state index is 0.0664. The van der Waals surface area contributed by atoms with Gasteiger partial charge in [-0.1, -0.05) is 35.3 Å². The number of nitrogens with one attached hydrogen (secondary N) is 2. The molecule has 6 nitrogen and oxygen atoms in total. The Labute approximate surface area is 186 Å². The third kappa shape index (κ3) is 5.19. The summed E-state index contributed by atoms with van der Waals surface area (Å²) in [5, 5.41) is 20.2. The summed E-state index contributed by atoms with van der Waals surface area (Å²) in [6.07, 6.45) is -0.793. The van der Waals surface area contributed by atoms with Crippen molar-refractivity contribution in [1.82, 2.24) is 9.13 Å². The smallest absolute Gasteiger partial charge is 0.203 e. The molecule has 1 atom stereocenters. The average Bonchev–Trinajstić information content (AvgIpc) is 2.99. The zero-order chi connectivity index (χ0) is 21.7. The summed E-state index contributed by atoms with van der Waals surface area (Å²) in [5.74, 6) is 0.473. The Morgan fingerprint density at radius 1 is 1.07 bits per heavy atom.